The third-order valence-electron chi connectivity index (χ3n) is 4.41. The van der Waals surface area contributed by atoms with E-state index in [2.05, 4.69) is 15.5 Å². The molecule has 1 aliphatic rings. The zero-order valence-corrected chi connectivity index (χ0v) is 13.2. The average Bonchev–Trinajstić information content (AvgIpc) is 3.18. The van der Waals surface area contributed by atoms with E-state index in [0.717, 1.165) is 37.8 Å². The Morgan fingerprint density at radius 3 is 2.42 bits per heavy atom. The number of carbonyl (C=O) groups is 1. The summed E-state index contributed by atoms with van der Waals surface area (Å²) in [5.74, 6) is -0.0510. The van der Waals surface area contributed by atoms with Gasteiger partial charge in [-0.25, -0.2) is 0 Å². The maximum absolute atomic E-state index is 12.7. The summed E-state index contributed by atoms with van der Waals surface area (Å²) in [6, 6.07) is 4.76. The number of carbonyl (C=O) groups excluding carboxylic acids is 1. The first-order valence-corrected chi connectivity index (χ1v) is 7.89. The molecule has 0 atom stereocenters. The molecule has 0 aliphatic heterocycles. The van der Waals surface area contributed by atoms with Gasteiger partial charge in [-0.15, -0.1) is 0 Å². The van der Waals surface area contributed by atoms with Gasteiger partial charge in [-0.3, -0.25) is 9.89 Å². The highest BCUT2D eigenvalue weighted by Crippen LogP contribution is 2.34. The fourth-order valence-electron chi connectivity index (χ4n) is 3.02. The Labute approximate surface area is 137 Å². The largest absolute Gasteiger partial charge is 0.416 e. The number of aromatic nitrogens is 2. The molecule has 24 heavy (non-hydrogen) atoms. The lowest BCUT2D eigenvalue weighted by atomic mass is 10.1. The van der Waals surface area contributed by atoms with Crippen LogP contribution in [0.4, 0.5) is 18.9 Å². The molecule has 1 aromatic carbocycles. The lowest BCUT2D eigenvalue weighted by Crippen LogP contribution is -2.20. The summed E-state index contributed by atoms with van der Waals surface area (Å²) >= 11 is 0. The number of benzene rings is 1. The van der Waals surface area contributed by atoms with Crippen LogP contribution in [-0.2, 0) is 11.0 Å². The lowest BCUT2D eigenvalue weighted by molar-refractivity contribution is -0.137. The normalized spacial score (nSPS) is 15.7. The zero-order chi connectivity index (χ0) is 17.3. The Bertz CT molecular complexity index is 729. The van der Waals surface area contributed by atoms with E-state index in [9.17, 15) is 18.0 Å². The van der Waals surface area contributed by atoms with Crippen LogP contribution in [0.15, 0.2) is 24.3 Å². The Hall–Kier alpha value is -2.31. The van der Waals surface area contributed by atoms with Crippen molar-refractivity contribution in [2.45, 2.75) is 38.8 Å². The van der Waals surface area contributed by atoms with Crippen LogP contribution in [-0.4, -0.2) is 16.1 Å². The molecule has 3 rings (SSSR count). The number of anilines is 1. The van der Waals surface area contributed by atoms with Crippen LogP contribution in [0.1, 0.15) is 36.9 Å². The first kappa shape index (κ1) is 16.5. The van der Waals surface area contributed by atoms with Crippen molar-refractivity contribution in [2.75, 3.05) is 5.32 Å². The van der Waals surface area contributed by atoms with E-state index in [1.165, 1.54) is 12.1 Å². The first-order chi connectivity index (χ1) is 11.4. The minimum atomic E-state index is -4.38. The highest BCUT2D eigenvalue weighted by atomic mass is 19.4. The van der Waals surface area contributed by atoms with Gasteiger partial charge in [-0.05, 0) is 31.9 Å². The molecule has 4 nitrogen and oxygen atoms in total. The molecule has 0 bridgehead atoms. The summed E-state index contributed by atoms with van der Waals surface area (Å²) in [6.45, 7) is 1.77. The van der Waals surface area contributed by atoms with E-state index >= 15 is 0 Å². The van der Waals surface area contributed by atoms with Crippen molar-refractivity contribution in [2.24, 2.45) is 5.92 Å². The number of amides is 1. The van der Waals surface area contributed by atoms with E-state index in [-0.39, 0.29) is 11.8 Å². The summed E-state index contributed by atoms with van der Waals surface area (Å²) in [4.78, 5) is 12.3. The maximum Gasteiger partial charge on any atom is 0.416 e. The first-order valence-electron chi connectivity index (χ1n) is 7.89. The Morgan fingerprint density at radius 2 is 1.83 bits per heavy atom. The van der Waals surface area contributed by atoms with Gasteiger partial charge in [0.1, 0.15) is 5.69 Å². The average molecular weight is 337 g/mol. The number of hydrogen-bond acceptors (Lipinski definition) is 2. The van der Waals surface area contributed by atoms with Crippen LogP contribution in [0, 0.1) is 12.8 Å². The number of halogens is 3. The number of rotatable bonds is 3. The SMILES string of the molecule is Cc1[nH]nc(-c2ccc(C(F)(F)F)cc2)c1NC(=O)C1CCCC1. The molecule has 0 saturated heterocycles. The van der Waals surface area contributed by atoms with Crippen molar-refractivity contribution in [1.29, 1.82) is 0 Å². The monoisotopic (exact) mass is 337 g/mol. The van der Waals surface area contributed by atoms with Crippen molar-refractivity contribution in [3.8, 4) is 11.3 Å². The molecule has 2 aromatic rings. The summed E-state index contributed by atoms with van der Waals surface area (Å²) in [7, 11) is 0. The van der Waals surface area contributed by atoms with Gasteiger partial charge in [0.25, 0.3) is 0 Å². The minimum absolute atomic E-state index is 0.000226. The standard InChI is InChI=1S/C17H18F3N3O/c1-10-14(21-16(24)12-4-2-3-5-12)15(23-22-10)11-6-8-13(9-7-11)17(18,19)20/h6-9,12H,2-5H2,1H3,(H,21,24)(H,22,23). The molecular weight excluding hydrogens is 319 g/mol. The quantitative estimate of drug-likeness (QED) is 0.864. The van der Waals surface area contributed by atoms with Crippen molar-refractivity contribution in [1.82, 2.24) is 10.2 Å². The van der Waals surface area contributed by atoms with E-state index in [1.54, 1.807) is 6.92 Å². The second kappa shape index (κ2) is 6.30. The molecule has 2 N–H and O–H groups in total. The fraction of sp³-hybridized carbons (Fsp3) is 0.412. The van der Waals surface area contributed by atoms with E-state index in [0.29, 0.717) is 22.6 Å². The van der Waals surface area contributed by atoms with Crippen molar-refractivity contribution >= 4 is 11.6 Å². The molecular formula is C17H18F3N3O. The van der Waals surface area contributed by atoms with Crippen LogP contribution in [0.25, 0.3) is 11.3 Å². The number of aryl methyl sites for hydroxylation is 1. The van der Waals surface area contributed by atoms with Gasteiger partial charge in [0, 0.05) is 11.5 Å². The van der Waals surface area contributed by atoms with Gasteiger partial charge in [-0.1, -0.05) is 25.0 Å². The van der Waals surface area contributed by atoms with Crippen LogP contribution < -0.4 is 5.32 Å². The maximum atomic E-state index is 12.7. The molecule has 1 amide bonds. The third kappa shape index (κ3) is 3.29. The van der Waals surface area contributed by atoms with E-state index in [4.69, 9.17) is 0 Å². The molecule has 0 unspecified atom stereocenters. The number of hydrogen-bond donors (Lipinski definition) is 2. The van der Waals surface area contributed by atoms with Crippen molar-refractivity contribution < 1.29 is 18.0 Å². The van der Waals surface area contributed by atoms with E-state index < -0.39 is 11.7 Å². The third-order valence-corrected chi connectivity index (χ3v) is 4.41. The highest BCUT2D eigenvalue weighted by molar-refractivity contribution is 5.96. The van der Waals surface area contributed by atoms with Gasteiger partial charge < -0.3 is 5.32 Å². The molecule has 1 aromatic heterocycles. The van der Waals surface area contributed by atoms with Gasteiger partial charge >= 0.3 is 6.18 Å². The number of aromatic amines is 1. The van der Waals surface area contributed by atoms with Crippen LogP contribution in [0.5, 0.6) is 0 Å². The van der Waals surface area contributed by atoms with Crippen LogP contribution >= 0.6 is 0 Å². The summed E-state index contributed by atoms with van der Waals surface area (Å²) in [5, 5.41) is 9.82. The Morgan fingerprint density at radius 1 is 1.21 bits per heavy atom. The molecule has 7 heteroatoms. The Balaban J connectivity index is 1.85. The van der Waals surface area contributed by atoms with Crippen LogP contribution in [0.3, 0.4) is 0 Å². The van der Waals surface area contributed by atoms with Gasteiger partial charge in [0.15, 0.2) is 0 Å². The van der Waals surface area contributed by atoms with Crippen molar-refractivity contribution in [3.05, 3.63) is 35.5 Å². The predicted octanol–water partition coefficient (Wildman–Crippen LogP) is 4.53. The smallest absolute Gasteiger partial charge is 0.322 e. The number of nitrogens with one attached hydrogen (secondary N) is 2. The second-order valence-corrected chi connectivity index (χ2v) is 6.12. The summed E-state index contributed by atoms with van der Waals surface area (Å²) in [5.41, 5.74) is 1.47. The van der Waals surface area contributed by atoms with Crippen molar-refractivity contribution in [3.63, 3.8) is 0 Å². The Kier molecular flexibility index (Phi) is 4.34. The molecule has 128 valence electrons. The molecule has 1 fully saturated rings. The summed E-state index contributed by atoms with van der Waals surface area (Å²) in [6.07, 6.45) is -0.529. The second-order valence-electron chi connectivity index (χ2n) is 6.12. The molecule has 1 heterocycles. The summed E-state index contributed by atoms with van der Waals surface area (Å²) < 4.78 is 38.0. The molecule has 1 aliphatic carbocycles. The topological polar surface area (TPSA) is 57.8 Å². The number of alkyl halides is 3. The zero-order valence-electron chi connectivity index (χ0n) is 13.2. The molecule has 0 radical (unpaired) electrons. The van der Waals surface area contributed by atoms with Gasteiger partial charge in [0.05, 0.1) is 16.9 Å². The lowest BCUT2D eigenvalue weighted by Gasteiger charge is -2.12. The predicted molar refractivity (Wildman–Crippen MR) is 84.4 cm³/mol. The minimum Gasteiger partial charge on any atom is -0.322 e. The number of H-pyrrole nitrogens is 1. The fourth-order valence-corrected chi connectivity index (χ4v) is 3.02. The number of nitrogens with zero attached hydrogens (tertiary/aromatic N) is 1. The van der Waals surface area contributed by atoms with Gasteiger partial charge in [-0.2, -0.15) is 18.3 Å². The van der Waals surface area contributed by atoms with Crippen LogP contribution in [0.2, 0.25) is 0 Å². The van der Waals surface area contributed by atoms with Gasteiger partial charge in [0.2, 0.25) is 5.91 Å². The molecule has 1 saturated carbocycles. The molecule has 0 spiro atoms. The highest BCUT2D eigenvalue weighted by Gasteiger charge is 2.30. The van der Waals surface area contributed by atoms with E-state index in [1.807, 2.05) is 0 Å².